The number of hydrogen-bond acceptors (Lipinski definition) is 5. The number of ether oxygens (including phenoxy) is 2. The monoisotopic (exact) mass is 528 g/mol. The van der Waals surface area contributed by atoms with Crippen LogP contribution in [0.15, 0.2) is 65.6 Å². The Kier molecular flexibility index (Phi) is 8.10. The van der Waals surface area contributed by atoms with Crippen LogP contribution in [0.5, 0.6) is 17.2 Å². The van der Waals surface area contributed by atoms with Crippen LogP contribution >= 0.6 is 34.8 Å². The number of primary amides is 1. The molecule has 7 nitrogen and oxygen atoms in total. The van der Waals surface area contributed by atoms with Crippen LogP contribution in [-0.4, -0.2) is 27.0 Å². The first-order chi connectivity index (χ1) is 15.5. The summed E-state index contributed by atoms with van der Waals surface area (Å²) in [5.41, 5.74) is 5.44. The van der Waals surface area contributed by atoms with E-state index in [4.69, 9.17) is 50.0 Å². The van der Waals surface area contributed by atoms with Crippen molar-refractivity contribution in [2.45, 2.75) is 17.9 Å². The van der Waals surface area contributed by atoms with E-state index in [0.717, 1.165) is 0 Å². The number of carbonyl (C=O) groups excluding carboxylic acids is 1. The van der Waals surface area contributed by atoms with E-state index < -0.39 is 22.0 Å². The van der Waals surface area contributed by atoms with Crippen LogP contribution < -0.4 is 19.9 Å². The van der Waals surface area contributed by atoms with Crippen LogP contribution in [0, 0.1) is 0 Å². The van der Waals surface area contributed by atoms with Gasteiger partial charge in [-0.2, -0.15) is 0 Å². The lowest BCUT2D eigenvalue weighted by molar-refractivity contribution is 0.0996. The van der Waals surface area contributed by atoms with Gasteiger partial charge in [-0.15, -0.1) is 0 Å². The third-order valence-corrected chi connectivity index (χ3v) is 6.86. The zero-order chi connectivity index (χ0) is 24.2. The first-order valence-electron chi connectivity index (χ1n) is 9.52. The first-order valence-corrected chi connectivity index (χ1v) is 12.1. The molecule has 0 aliphatic rings. The predicted octanol–water partition coefficient (Wildman–Crippen LogP) is 5.28. The Morgan fingerprint density at radius 1 is 1.00 bits per heavy atom. The molecule has 0 spiro atoms. The molecule has 11 heteroatoms. The van der Waals surface area contributed by atoms with Gasteiger partial charge in [-0.05, 0) is 49.4 Å². The topological polar surface area (TPSA) is 108 Å². The fourth-order valence-corrected chi connectivity index (χ4v) is 4.51. The van der Waals surface area contributed by atoms with Crippen molar-refractivity contribution < 1.29 is 22.7 Å². The highest BCUT2D eigenvalue weighted by molar-refractivity contribution is 7.89. The molecule has 3 rings (SSSR count). The molecule has 0 saturated carbocycles. The summed E-state index contributed by atoms with van der Waals surface area (Å²) < 4.78 is 39.4. The zero-order valence-corrected chi connectivity index (χ0v) is 20.3. The molecule has 33 heavy (non-hydrogen) atoms. The fraction of sp³-hybridized carbons (Fsp3) is 0.136. The molecule has 0 bridgehead atoms. The molecular formula is C22H19Cl3N2O5S. The summed E-state index contributed by atoms with van der Waals surface area (Å²) in [6, 6.07) is 14.5. The molecule has 3 N–H and O–H groups in total. The molecular weight excluding hydrogens is 511 g/mol. The molecule has 0 aliphatic carbocycles. The van der Waals surface area contributed by atoms with Gasteiger partial charge >= 0.3 is 0 Å². The number of halogens is 3. The minimum Gasteiger partial charge on any atom is -0.491 e. The van der Waals surface area contributed by atoms with E-state index in [1.807, 2.05) is 0 Å². The summed E-state index contributed by atoms with van der Waals surface area (Å²) in [5.74, 6) is 0.198. The molecule has 3 aromatic rings. The Morgan fingerprint density at radius 3 is 2.42 bits per heavy atom. The van der Waals surface area contributed by atoms with Gasteiger partial charge in [0.2, 0.25) is 10.0 Å². The maximum absolute atomic E-state index is 12.8. The summed E-state index contributed by atoms with van der Waals surface area (Å²) in [6.07, 6.45) is 0. The number of hydrogen-bond donors (Lipinski definition) is 2. The minimum absolute atomic E-state index is 0.00349. The average Bonchev–Trinajstić information content (AvgIpc) is 2.75. The number of benzene rings is 3. The number of sulfonamides is 1. The molecule has 0 aliphatic heterocycles. The van der Waals surface area contributed by atoms with E-state index in [9.17, 15) is 13.2 Å². The summed E-state index contributed by atoms with van der Waals surface area (Å²) >= 11 is 17.8. The second-order valence-electron chi connectivity index (χ2n) is 6.99. The van der Waals surface area contributed by atoms with Crippen LogP contribution in [-0.2, 0) is 10.0 Å². The van der Waals surface area contributed by atoms with Gasteiger partial charge in [-0.3, -0.25) is 4.79 Å². The third kappa shape index (κ3) is 6.75. The SMILES string of the molecule is C[C@@H](COc1ccc(Cl)cc1C(N)=O)NS(=O)(=O)c1cccc(Oc2ccc(Cl)c(Cl)c2)c1. The Labute approximate surface area is 206 Å². The number of nitrogens with two attached hydrogens (primary N) is 1. The second-order valence-corrected chi connectivity index (χ2v) is 9.96. The second kappa shape index (κ2) is 10.6. The van der Waals surface area contributed by atoms with Gasteiger partial charge in [0.15, 0.2) is 0 Å². The smallest absolute Gasteiger partial charge is 0.252 e. The average molecular weight is 530 g/mol. The van der Waals surface area contributed by atoms with E-state index in [0.29, 0.717) is 26.6 Å². The van der Waals surface area contributed by atoms with Gasteiger partial charge in [0.25, 0.3) is 5.91 Å². The van der Waals surface area contributed by atoms with Gasteiger partial charge < -0.3 is 15.2 Å². The Hall–Kier alpha value is -2.49. The normalized spacial score (nSPS) is 12.2. The quantitative estimate of drug-likeness (QED) is 0.392. The van der Waals surface area contributed by atoms with E-state index >= 15 is 0 Å². The van der Waals surface area contributed by atoms with Gasteiger partial charge in [-0.25, -0.2) is 13.1 Å². The van der Waals surface area contributed by atoms with E-state index in [-0.39, 0.29) is 22.8 Å². The van der Waals surface area contributed by atoms with Crippen molar-refractivity contribution in [3.63, 3.8) is 0 Å². The molecule has 0 saturated heterocycles. The number of carbonyl (C=O) groups is 1. The minimum atomic E-state index is -3.90. The van der Waals surface area contributed by atoms with Gasteiger partial charge in [0.1, 0.15) is 23.9 Å². The van der Waals surface area contributed by atoms with E-state index in [2.05, 4.69) is 4.72 Å². The van der Waals surface area contributed by atoms with Crippen LogP contribution in [0.1, 0.15) is 17.3 Å². The summed E-state index contributed by atoms with van der Waals surface area (Å²) in [4.78, 5) is 11.6. The van der Waals surface area contributed by atoms with Crippen molar-refractivity contribution in [1.29, 1.82) is 0 Å². The standard InChI is InChI=1S/C22H19Cl3N2O5S/c1-13(12-31-21-8-5-14(23)9-18(21)22(26)28)27-33(29,30)17-4-2-3-15(10-17)32-16-6-7-19(24)20(25)11-16/h2-11,13,27H,12H2,1H3,(H2,26,28)/t13-/m0/s1. The van der Waals surface area contributed by atoms with Gasteiger partial charge in [-0.1, -0.05) is 40.9 Å². The van der Waals surface area contributed by atoms with Crippen molar-refractivity contribution in [2.24, 2.45) is 5.73 Å². The highest BCUT2D eigenvalue weighted by atomic mass is 35.5. The van der Waals surface area contributed by atoms with Gasteiger partial charge in [0.05, 0.1) is 26.5 Å². The molecule has 1 amide bonds. The number of nitrogens with one attached hydrogen (secondary N) is 1. The van der Waals surface area contributed by atoms with Crippen molar-refractivity contribution in [3.05, 3.63) is 81.3 Å². The number of amides is 1. The number of rotatable bonds is 9. The summed E-state index contributed by atoms with van der Waals surface area (Å²) in [5, 5.41) is 1.02. The predicted molar refractivity (Wildman–Crippen MR) is 128 cm³/mol. The lowest BCUT2D eigenvalue weighted by Crippen LogP contribution is -2.36. The van der Waals surface area contributed by atoms with Crippen molar-refractivity contribution in [1.82, 2.24) is 4.72 Å². The van der Waals surface area contributed by atoms with Crippen LogP contribution in [0.3, 0.4) is 0 Å². The highest BCUT2D eigenvalue weighted by Crippen LogP contribution is 2.30. The molecule has 174 valence electrons. The van der Waals surface area contributed by atoms with E-state index in [1.54, 1.807) is 31.2 Å². The maximum Gasteiger partial charge on any atom is 0.252 e. The lowest BCUT2D eigenvalue weighted by atomic mass is 10.2. The highest BCUT2D eigenvalue weighted by Gasteiger charge is 2.19. The molecule has 0 radical (unpaired) electrons. The van der Waals surface area contributed by atoms with Crippen molar-refractivity contribution in [3.8, 4) is 17.2 Å². The summed E-state index contributed by atoms with van der Waals surface area (Å²) in [7, 11) is -3.90. The third-order valence-electron chi connectivity index (χ3n) is 4.29. The van der Waals surface area contributed by atoms with Crippen LogP contribution in [0.25, 0.3) is 0 Å². The fourth-order valence-electron chi connectivity index (χ4n) is 2.78. The Balaban J connectivity index is 1.68. The largest absolute Gasteiger partial charge is 0.491 e. The molecule has 0 unspecified atom stereocenters. The molecule has 1 atom stereocenters. The molecule has 0 heterocycles. The lowest BCUT2D eigenvalue weighted by Gasteiger charge is -2.17. The molecule has 0 aromatic heterocycles. The zero-order valence-electron chi connectivity index (χ0n) is 17.2. The van der Waals surface area contributed by atoms with Gasteiger partial charge in [0, 0.05) is 17.2 Å². The van der Waals surface area contributed by atoms with Crippen molar-refractivity contribution in [2.75, 3.05) is 6.61 Å². The summed E-state index contributed by atoms with van der Waals surface area (Å²) in [6.45, 7) is 1.56. The molecule has 3 aromatic carbocycles. The molecule has 0 fully saturated rings. The van der Waals surface area contributed by atoms with Crippen molar-refractivity contribution >= 4 is 50.7 Å². The van der Waals surface area contributed by atoms with E-state index in [1.165, 1.54) is 36.4 Å². The first kappa shape index (κ1) is 25.1. The van der Waals surface area contributed by atoms with Crippen LogP contribution in [0.2, 0.25) is 15.1 Å². The maximum atomic E-state index is 12.8. The Morgan fingerprint density at radius 2 is 1.73 bits per heavy atom. The Bertz CT molecular complexity index is 1280. The van der Waals surface area contributed by atoms with Crippen LogP contribution in [0.4, 0.5) is 0 Å².